The zero-order valence-electron chi connectivity index (χ0n) is 36.3. The highest BCUT2D eigenvalue weighted by atomic mass is 16.4. The first-order valence-electron chi connectivity index (χ1n) is 20.6. The molecular weight excluding hydrogens is 766 g/mol. The van der Waals surface area contributed by atoms with E-state index in [0.717, 1.165) is 0 Å². The van der Waals surface area contributed by atoms with Gasteiger partial charge in [0.1, 0.15) is 36.3 Å². The maximum atomic E-state index is 13.7. The number of aliphatic carboxylic acids is 1. The van der Waals surface area contributed by atoms with Gasteiger partial charge < -0.3 is 59.1 Å². The van der Waals surface area contributed by atoms with Crippen LogP contribution in [0.15, 0.2) is 4.99 Å². The molecule has 13 N–H and O–H groups in total. The lowest BCUT2D eigenvalue weighted by Gasteiger charge is -2.29. The van der Waals surface area contributed by atoms with Crippen molar-refractivity contribution < 1.29 is 43.5 Å². The minimum absolute atomic E-state index is 0.0271. The molecule has 0 radical (unpaired) electrons. The highest BCUT2D eigenvalue weighted by Crippen LogP contribution is 2.19. The molecule has 0 aliphatic carbocycles. The van der Waals surface area contributed by atoms with Crippen molar-refractivity contribution in [1.82, 2.24) is 36.8 Å². The topological polar surface area (TPSA) is 323 Å². The Morgan fingerprint density at radius 3 is 1.76 bits per heavy atom. The van der Waals surface area contributed by atoms with Gasteiger partial charge in [-0.1, -0.05) is 55.4 Å². The largest absolute Gasteiger partial charge is 0.480 e. The van der Waals surface area contributed by atoms with E-state index in [9.17, 15) is 43.5 Å². The monoisotopic (exact) mass is 838 g/mol. The van der Waals surface area contributed by atoms with Crippen molar-refractivity contribution in [3.8, 4) is 0 Å². The van der Waals surface area contributed by atoms with Crippen LogP contribution < -0.4 is 49.1 Å². The minimum atomic E-state index is -1.25. The molecule has 0 aromatic carbocycles. The van der Waals surface area contributed by atoms with Crippen molar-refractivity contribution in [3.05, 3.63) is 0 Å². The molecule has 1 fully saturated rings. The number of carboxylic acids is 1. The zero-order valence-corrected chi connectivity index (χ0v) is 36.3. The number of nitrogens with zero attached hydrogens (tertiary/aromatic N) is 2. The van der Waals surface area contributed by atoms with Gasteiger partial charge in [-0.3, -0.25) is 38.6 Å². The first-order valence-corrected chi connectivity index (χ1v) is 20.6. The lowest BCUT2D eigenvalue weighted by atomic mass is 9.98. The van der Waals surface area contributed by atoms with Crippen LogP contribution in [0.25, 0.3) is 0 Å². The lowest BCUT2D eigenvalue weighted by molar-refractivity contribution is -0.144. The van der Waals surface area contributed by atoms with E-state index >= 15 is 0 Å². The van der Waals surface area contributed by atoms with Gasteiger partial charge in [0.25, 0.3) is 0 Å². The highest BCUT2D eigenvalue weighted by molar-refractivity contribution is 5.97. The molecule has 0 aromatic heterocycles. The van der Waals surface area contributed by atoms with E-state index in [1.54, 1.807) is 13.8 Å². The number of carbonyl (C=O) groups excluding carboxylic acids is 7. The zero-order chi connectivity index (χ0) is 45.1. The number of hydrogen-bond acceptors (Lipinski definition) is 10. The number of nitrogens with one attached hydrogen (secondary N) is 6. The van der Waals surface area contributed by atoms with E-state index in [-0.39, 0.29) is 49.6 Å². The minimum Gasteiger partial charge on any atom is -0.480 e. The summed E-state index contributed by atoms with van der Waals surface area (Å²) < 4.78 is 0. The maximum absolute atomic E-state index is 13.7. The van der Waals surface area contributed by atoms with Crippen molar-refractivity contribution in [3.63, 3.8) is 0 Å². The Kier molecular flexibility index (Phi) is 22.5. The van der Waals surface area contributed by atoms with Crippen LogP contribution >= 0.6 is 0 Å². The third kappa shape index (κ3) is 19.1. The SMILES string of the molecule is CC(C)C[C@H](NC(=O)[C@H](CC(C)C)NC(=O)[C@@H](N)CC(C)C)C(=O)N[C@H](C(=O)NCC(=O)N[C@@H](C)C(=O)N1CCC[C@H]1C(=O)N[C@@H](CCCN=C(N)N)C(=O)O)C(C)C. The van der Waals surface area contributed by atoms with Gasteiger partial charge in [0.05, 0.1) is 12.6 Å². The van der Waals surface area contributed by atoms with Crippen LogP contribution in [0, 0.1) is 23.7 Å². The van der Waals surface area contributed by atoms with Gasteiger partial charge in [-0.05, 0) is 75.5 Å². The summed E-state index contributed by atoms with van der Waals surface area (Å²) in [6.07, 6.45) is 2.08. The summed E-state index contributed by atoms with van der Waals surface area (Å²) >= 11 is 0. The number of nitrogens with two attached hydrogens (primary N) is 3. The predicted octanol–water partition coefficient (Wildman–Crippen LogP) is -1.20. The Hall–Kier alpha value is -5.01. The summed E-state index contributed by atoms with van der Waals surface area (Å²) in [5, 5.41) is 25.3. The predicted molar refractivity (Wildman–Crippen MR) is 222 cm³/mol. The Bertz CT molecular complexity index is 1480. The molecule has 20 heteroatoms. The molecule has 7 amide bonds. The van der Waals surface area contributed by atoms with Gasteiger partial charge in [-0.25, -0.2) is 4.79 Å². The molecule has 0 saturated carbocycles. The number of amides is 7. The van der Waals surface area contributed by atoms with Gasteiger partial charge in [-0.15, -0.1) is 0 Å². The Labute approximate surface area is 348 Å². The molecule has 0 spiro atoms. The first kappa shape index (κ1) is 52.0. The van der Waals surface area contributed by atoms with Gasteiger partial charge >= 0.3 is 5.97 Å². The third-order valence-corrected chi connectivity index (χ3v) is 9.56. The molecule has 1 aliphatic heterocycles. The van der Waals surface area contributed by atoms with Crippen molar-refractivity contribution in [2.45, 2.75) is 150 Å². The van der Waals surface area contributed by atoms with Gasteiger partial charge in [0, 0.05) is 13.1 Å². The fourth-order valence-corrected chi connectivity index (χ4v) is 6.57. The molecular formula is C39H71N11O9. The standard InChI is InChI=1S/C39H71N11O9/c1-20(2)16-25(40)32(52)47-27(17-21(3)4)33(53)48-28(18-22(5)6)34(54)49-31(23(7)8)36(56)44-19-30(51)45-24(9)37(57)50-15-11-13-29(50)35(55)46-26(38(58)59)12-10-14-43-39(41)42/h20-29,31H,10-19,40H2,1-9H3,(H,44,56)(H,45,51)(H,46,55)(H,47,52)(H,48,53)(H,49,54)(H,58,59)(H4,41,42,43)/t24-,25-,26-,27-,28-,29-,31-/m0/s1. The van der Waals surface area contributed by atoms with Gasteiger partial charge in [0.2, 0.25) is 41.4 Å². The Morgan fingerprint density at radius 1 is 0.712 bits per heavy atom. The lowest BCUT2D eigenvalue weighted by Crippen LogP contribution is -2.59. The van der Waals surface area contributed by atoms with Crippen LogP contribution in [-0.4, -0.2) is 125 Å². The third-order valence-electron chi connectivity index (χ3n) is 9.56. The second-order valence-electron chi connectivity index (χ2n) is 16.9. The maximum Gasteiger partial charge on any atom is 0.326 e. The summed E-state index contributed by atoms with van der Waals surface area (Å²) in [7, 11) is 0. The van der Waals surface area contributed by atoms with E-state index < -0.39 is 102 Å². The van der Waals surface area contributed by atoms with Crippen LogP contribution in [0.4, 0.5) is 0 Å². The summed E-state index contributed by atoms with van der Waals surface area (Å²) in [6, 6.07) is -7.19. The van der Waals surface area contributed by atoms with Crippen LogP contribution in [-0.2, 0) is 38.4 Å². The fraction of sp³-hybridized carbons (Fsp3) is 0.769. The van der Waals surface area contributed by atoms with E-state index in [1.165, 1.54) is 11.8 Å². The Balaban J connectivity index is 2.91. The van der Waals surface area contributed by atoms with Crippen LogP contribution in [0.5, 0.6) is 0 Å². The molecule has 1 aliphatic rings. The van der Waals surface area contributed by atoms with Crippen molar-refractivity contribution >= 4 is 53.3 Å². The summed E-state index contributed by atoms with van der Waals surface area (Å²) in [6.45, 7) is 16.1. The average molecular weight is 838 g/mol. The molecule has 0 bridgehead atoms. The number of rotatable bonds is 25. The van der Waals surface area contributed by atoms with Crippen molar-refractivity contribution in [2.75, 3.05) is 19.6 Å². The summed E-state index contributed by atoms with van der Waals surface area (Å²) in [5.74, 6) is -5.92. The highest BCUT2D eigenvalue weighted by Gasteiger charge is 2.38. The smallest absolute Gasteiger partial charge is 0.326 e. The average Bonchev–Trinajstić information content (AvgIpc) is 3.62. The normalized spacial score (nSPS) is 17.0. The molecule has 336 valence electrons. The first-order chi connectivity index (χ1) is 27.4. The second-order valence-corrected chi connectivity index (χ2v) is 16.9. The second kappa shape index (κ2) is 25.5. The van der Waals surface area contributed by atoms with Crippen molar-refractivity contribution in [2.24, 2.45) is 45.9 Å². The van der Waals surface area contributed by atoms with Gasteiger partial charge in [0.15, 0.2) is 5.96 Å². The van der Waals surface area contributed by atoms with E-state index in [0.29, 0.717) is 32.1 Å². The molecule has 20 nitrogen and oxygen atoms in total. The number of carbonyl (C=O) groups is 8. The van der Waals surface area contributed by atoms with Crippen molar-refractivity contribution in [1.29, 1.82) is 0 Å². The molecule has 1 heterocycles. The molecule has 59 heavy (non-hydrogen) atoms. The summed E-state index contributed by atoms with van der Waals surface area (Å²) in [5.41, 5.74) is 16.7. The van der Waals surface area contributed by atoms with E-state index in [4.69, 9.17) is 17.2 Å². The Morgan fingerprint density at radius 2 is 1.25 bits per heavy atom. The number of aliphatic imine (C=N–C) groups is 1. The quantitative estimate of drug-likeness (QED) is 0.0295. The molecule has 1 saturated heterocycles. The number of carboxylic acid groups (broad SMARTS) is 1. The molecule has 0 unspecified atom stereocenters. The molecule has 7 atom stereocenters. The molecule has 0 aromatic rings. The summed E-state index contributed by atoms with van der Waals surface area (Å²) in [4.78, 5) is 110. The fourth-order valence-electron chi connectivity index (χ4n) is 6.57. The van der Waals surface area contributed by atoms with E-state index in [2.05, 4.69) is 36.9 Å². The number of likely N-dealkylation sites (tertiary alicyclic amines) is 1. The van der Waals surface area contributed by atoms with Gasteiger partial charge in [-0.2, -0.15) is 0 Å². The number of hydrogen-bond donors (Lipinski definition) is 10. The van der Waals surface area contributed by atoms with E-state index in [1.807, 2.05) is 41.5 Å². The molecule has 1 rings (SSSR count). The van der Waals surface area contributed by atoms with Crippen LogP contribution in [0.2, 0.25) is 0 Å². The number of guanidine groups is 1. The van der Waals surface area contributed by atoms with Crippen LogP contribution in [0.3, 0.4) is 0 Å². The van der Waals surface area contributed by atoms with Crippen LogP contribution in [0.1, 0.15) is 107 Å².